The van der Waals surface area contributed by atoms with Crippen molar-refractivity contribution >= 4 is 74.8 Å². The number of amides is 1. The zero-order valence-corrected chi connectivity index (χ0v) is 80.6. The Bertz CT molecular complexity index is 5190. The lowest BCUT2D eigenvalue weighted by Crippen LogP contribution is -3.00. The highest BCUT2D eigenvalue weighted by Gasteiger charge is 2.50. The zero-order chi connectivity index (χ0) is 88.8. The van der Waals surface area contributed by atoms with Crippen LogP contribution in [0.4, 0.5) is 44.2 Å². The van der Waals surface area contributed by atoms with Crippen molar-refractivity contribution in [3.63, 3.8) is 0 Å². The largest absolute Gasteiger partial charge is 1.00 e. The second-order valence-electron chi connectivity index (χ2n) is 37.5. The maximum Gasteiger partial charge on any atom is 0.303 e. The van der Waals surface area contributed by atoms with Crippen LogP contribution in [0.1, 0.15) is 266 Å². The summed E-state index contributed by atoms with van der Waals surface area (Å²) in [6.45, 7) is 40.2. The molecule has 0 atom stereocenters. The molecule has 7 aromatic rings. The molecule has 16 heteroatoms. The number of halogens is 3. The average molecular weight is 1800 g/mol. The van der Waals surface area contributed by atoms with E-state index >= 15 is 0 Å². The number of benzene rings is 7. The van der Waals surface area contributed by atoms with Crippen molar-refractivity contribution in [2.75, 3.05) is 81.1 Å². The normalized spacial score (nSPS) is 17.4. The maximum absolute atomic E-state index is 12.1. The second-order valence-corrected chi connectivity index (χ2v) is 37.5. The maximum atomic E-state index is 12.1. The minimum atomic E-state index is -1.00. The van der Waals surface area contributed by atoms with Gasteiger partial charge in [-0.1, -0.05) is 185 Å². The molecule has 14 rings (SSSR count). The third-order valence-corrected chi connectivity index (χ3v) is 26.6. The minimum Gasteiger partial charge on any atom is -1.00 e. The fourth-order valence-corrected chi connectivity index (χ4v) is 19.2. The molecule has 0 bridgehead atoms. The highest BCUT2D eigenvalue weighted by Crippen LogP contribution is 2.57. The number of carbonyl (C=O) groups excluding carboxylic acids is 1. The number of unbranched alkanes of at least 4 members (excludes halogenated alkanes) is 6. The number of nitrogens with zero attached hydrogens (tertiary/aromatic N) is 7. The van der Waals surface area contributed by atoms with Crippen LogP contribution < -0.4 is 53.6 Å². The summed E-state index contributed by atoms with van der Waals surface area (Å²) in [5, 5.41) is 27.0. The third-order valence-electron chi connectivity index (χ3n) is 26.6. The van der Waals surface area contributed by atoms with Gasteiger partial charge in [-0.25, -0.2) is 0 Å². The molecule has 1 amide bonds. The van der Waals surface area contributed by atoms with E-state index in [0.29, 0.717) is 6.42 Å². The van der Waals surface area contributed by atoms with Crippen LogP contribution in [0.5, 0.6) is 0 Å². The molecule has 4 heterocycles. The zero-order valence-electron chi connectivity index (χ0n) is 78.4. The Morgan fingerprint density at radius 3 is 1.40 bits per heavy atom. The lowest BCUT2D eigenvalue weighted by atomic mass is 9.78. The molecule has 0 saturated heterocycles. The molecule has 7 aliphatic rings. The molecular formula is C107H141Br2FN7O6+. The number of aliphatic carboxylic acids is 2. The van der Waals surface area contributed by atoms with Gasteiger partial charge in [-0.2, -0.15) is 13.7 Å². The van der Waals surface area contributed by atoms with Gasteiger partial charge in [-0.3, -0.25) is 23.7 Å². The SMILES string of the molecule is CC1=[N+](CCCCCC(=O)O)c2cc3c(cc2C1(C)C)-c1ccccc1C3(C)C.CCCC[N+]1=C(/C=C/C=C/C=C2/N(CCCCCC(=O)O)c3cc4c(cc3C2(C)C)-c2ccccc2C4(C)C)C(C)(C)c2cc(N(C)C)ccc21.CCCC[N+]1=C(/C=C/C=C/N(C(C)=O)c2ccccc2)C(C)(C)c2cc(N(C)C)ccc21.OC1CCCCC1.[2H]CF.[Br-].[Br-]. The molecule has 0 unspecified atom stereocenters. The monoisotopic (exact) mass is 1800 g/mol. The predicted molar refractivity (Wildman–Crippen MR) is 506 cm³/mol. The Kier molecular flexibility index (Phi) is 33.9. The van der Waals surface area contributed by atoms with E-state index in [2.05, 4.69) is 306 Å². The van der Waals surface area contributed by atoms with Gasteiger partial charge in [0.1, 0.15) is 19.6 Å². The Labute approximate surface area is 759 Å². The Hall–Kier alpha value is -9.09. The summed E-state index contributed by atoms with van der Waals surface area (Å²) in [6, 6.07) is 50.9. The van der Waals surface area contributed by atoms with Gasteiger partial charge in [-0.15, -0.1) is 0 Å². The summed E-state index contributed by atoms with van der Waals surface area (Å²) in [6.07, 6.45) is 35.6. The van der Waals surface area contributed by atoms with Gasteiger partial charge in [0.15, 0.2) is 17.1 Å². The van der Waals surface area contributed by atoms with Gasteiger partial charge in [0.25, 0.3) is 0 Å². The third kappa shape index (κ3) is 21.5. The Morgan fingerprint density at radius 1 is 0.472 bits per heavy atom. The van der Waals surface area contributed by atoms with Crippen LogP contribution in [0, 0.1) is 0 Å². The summed E-state index contributed by atoms with van der Waals surface area (Å²) in [7, 11) is 7.39. The number of hydrogen-bond acceptors (Lipinski definition) is 7. The highest BCUT2D eigenvalue weighted by molar-refractivity contribution is 6.05. The molecule has 7 aromatic carbocycles. The van der Waals surface area contributed by atoms with E-state index in [-0.39, 0.29) is 91.3 Å². The van der Waals surface area contributed by atoms with Crippen LogP contribution in [0.25, 0.3) is 22.3 Å². The number of fused-ring (bicyclic) bond motifs is 10. The topological polar surface area (TPSA) is 134 Å². The number of para-hydroxylation sites is 1. The van der Waals surface area contributed by atoms with Gasteiger partial charge in [-0.05, 0) is 197 Å². The first-order valence-electron chi connectivity index (χ1n) is 45.3. The van der Waals surface area contributed by atoms with Crippen molar-refractivity contribution in [2.45, 2.75) is 259 Å². The van der Waals surface area contributed by atoms with E-state index < -0.39 is 19.1 Å². The van der Waals surface area contributed by atoms with Gasteiger partial charge in [0.05, 0.1) is 30.9 Å². The second kappa shape index (κ2) is 42.7. The average Bonchev–Trinajstić information content (AvgIpc) is 1.65. The summed E-state index contributed by atoms with van der Waals surface area (Å²) < 4.78 is 23.0. The molecule has 1 fully saturated rings. The van der Waals surface area contributed by atoms with Crippen LogP contribution in [-0.2, 0) is 46.9 Å². The van der Waals surface area contributed by atoms with Gasteiger partial charge in [0.2, 0.25) is 23.0 Å². The Balaban J connectivity index is 0.000000226. The summed E-state index contributed by atoms with van der Waals surface area (Å²) in [5.41, 5.74) is 30.0. The van der Waals surface area contributed by atoms with E-state index in [4.69, 9.17) is 11.6 Å². The van der Waals surface area contributed by atoms with E-state index in [1.165, 1.54) is 143 Å². The lowest BCUT2D eigenvalue weighted by Gasteiger charge is -2.27. The summed E-state index contributed by atoms with van der Waals surface area (Å²) in [5.74, 6) is -1.42. The lowest BCUT2D eigenvalue weighted by molar-refractivity contribution is -0.439. The van der Waals surface area contributed by atoms with Crippen molar-refractivity contribution in [3.05, 3.63) is 245 Å². The van der Waals surface area contributed by atoms with E-state index in [1.54, 1.807) is 11.8 Å². The summed E-state index contributed by atoms with van der Waals surface area (Å²) >= 11 is 0. The molecule has 0 aromatic heterocycles. The standard InChI is InChI=1S/C46H57N3O2.C28H36N3O.C26H31NO2.C6H12O.CH3F.2BrH/c1-10-11-27-48-39-26-25-32(47(8)9)29-37(39)45(4,5)41(48)22-14-12-15-23-42-46(6,7)38-30-34-33-20-17-18-21-35(33)44(2,3)36(34)31-40(38)49(42)28-19-13-16-24-43(50)51;1-7-8-19-31-26-18-17-24(29(5)6)21-25(26)28(3,4)27(31)16-12-13-20-30(22(2)32)23-14-10-9-11-15-23;1-17-25(2,3)22-15-19-18-11-8-9-12-20(18)26(4,5)21(19)16-23(22)27(17)14-10-6-7-13-24(28)29;7-6-4-2-1-3-5-6;1-2;;/h12,14-15,17-18,20-23,25-26,29-31H,10-11,13,16,19,24,27-28H2,1-9H3;9-18,20-21H,7-8,19H2,1-6H3;8-9,11-12,15-16H,6-7,10,13-14H2,1-5H3;6-7H,1-5H2;1H3;2*1H/q;+1;;;;;/i;;;;1D;;. The fourth-order valence-electron chi connectivity index (χ4n) is 19.2. The first-order valence-corrected chi connectivity index (χ1v) is 44.6. The number of aliphatic hydroxyl groups is 1. The fraction of sp³-hybridized carbons (Fsp3) is 0.458. The number of carbonyl (C=O) groups is 3. The highest BCUT2D eigenvalue weighted by atomic mass is 79.9. The number of aliphatic hydroxyl groups excluding tert-OH is 1. The first kappa shape index (κ1) is 97.7. The number of allylic oxidation sites excluding steroid dienone is 9. The molecule has 4 aliphatic heterocycles. The quantitative estimate of drug-likeness (QED) is 0.0261. The molecule has 3 aliphatic carbocycles. The van der Waals surface area contributed by atoms with Gasteiger partial charge >= 0.3 is 11.9 Å². The van der Waals surface area contributed by atoms with Crippen molar-refractivity contribution in [2.24, 2.45) is 0 Å². The van der Waals surface area contributed by atoms with Gasteiger partial charge in [0, 0.05) is 179 Å². The molecule has 13 nitrogen and oxygen atoms in total. The number of alkyl halides is 1. The van der Waals surface area contributed by atoms with Crippen molar-refractivity contribution < 1.29 is 83.2 Å². The van der Waals surface area contributed by atoms with E-state index in [9.17, 15) is 23.9 Å². The van der Waals surface area contributed by atoms with Crippen LogP contribution in [0.3, 0.4) is 0 Å². The number of hydrogen-bond donors (Lipinski definition) is 3. The van der Waals surface area contributed by atoms with Crippen LogP contribution in [0.15, 0.2) is 200 Å². The van der Waals surface area contributed by atoms with Crippen LogP contribution in [-0.4, -0.2) is 132 Å². The molecule has 0 spiro atoms. The molecule has 3 N–H and O–H groups in total. The molecule has 0 radical (unpaired) electrons. The minimum absolute atomic E-state index is 0. The molecular weight excluding hydrogens is 1660 g/mol. The van der Waals surface area contributed by atoms with Crippen LogP contribution in [0.2, 0.25) is 0 Å². The van der Waals surface area contributed by atoms with Crippen molar-refractivity contribution in [3.8, 4) is 22.3 Å². The number of carboxylic acids is 2. The van der Waals surface area contributed by atoms with Gasteiger partial charge < -0.3 is 64.0 Å². The predicted octanol–water partition coefficient (Wildman–Crippen LogP) is 18.7. The smallest absolute Gasteiger partial charge is 0.303 e. The first-order chi connectivity index (χ1) is 57.9. The number of anilines is 4. The number of carboxylic acid groups (broad SMARTS) is 2. The number of rotatable bonds is 27. The molecule has 1 saturated carbocycles. The van der Waals surface area contributed by atoms with Crippen molar-refractivity contribution in [1.82, 2.24) is 0 Å². The molecule has 660 valence electrons. The Morgan fingerprint density at radius 2 is 0.927 bits per heavy atom. The van der Waals surface area contributed by atoms with Crippen molar-refractivity contribution in [1.29, 1.82) is 0 Å². The summed E-state index contributed by atoms with van der Waals surface area (Å²) in [4.78, 5) is 42.6. The van der Waals surface area contributed by atoms with Crippen LogP contribution >= 0.6 is 0 Å². The van der Waals surface area contributed by atoms with E-state index in [1.807, 2.05) is 48.7 Å². The van der Waals surface area contributed by atoms with E-state index in [0.717, 1.165) is 102 Å². The molecule has 123 heavy (non-hydrogen) atoms.